The summed E-state index contributed by atoms with van der Waals surface area (Å²) < 4.78 is 1.53. The summed E-state index contributed by atoms with van der Waals surface area (Å²) in [5, 5.41) is 7.77. The van der Waals surface area contributed by atoms with Gasteiger partial charge in [-0.3, -0.25) is 19.2 Å². The quantitative estimate of drug-likeness (QED) is 0.570. The molecule has 0 radical (unpaired) electrons. The van der Waals surface area contributed by atoms with Crippen LogP contribution < -0.4 is 10.9 Å². The van der Waals surface area contributed by atoms with Crippen molar-refractivity contribution in [2.75, 3.05) is 5.32 Å². The molecule has 1 N–H and O–H groups in total. The summed E-state index contributed by atoms with van der Waals surface area (Å²) in [6.07, 6.45) is 3.91. The number of hydrogen-bond donors (Lipinski definition) is 1. The molecule has 3 fully saturated rings. The standard InChI is InChI=1S/C26H28BrN3O4/c1-13-19-8-15(26(19,2)3)9-20(13)29-21-11-28-30(25(34)24(21)27)12-16(31)6-14-4-5-17-18(7-14)23(33)10-22(17)32/h4-5,7,11,13,15,19-20,29H,6,8-10,12H2,1-3H3/t13-,15+,19-,20-/m1/s1. The number of Topliss-reactive ketones (excluding diaryl/α,β-unsaturated/α-hetero) is 3. The first-order valence-corrected chi connectivity index (χ1v) is 12.6. The van der Waals surface area contributed by atoms with E-state index in [1.165, 1.54) is 6.42 Å². The minimum atomic E-state index is -0.359. The molecular weight excluding hydrogens is 498 g/mol. The molecule has 4 aliphatic rings. The second kappa shape index (κ2) is 8.26. The van der Waals surface area contributed by atoms with Crippen molar-refractivity contribution in [2.24, 2.45) is 23.2 Å². The number of fused-ring (bicyclic) bond motifs is 3. The van der Waals surface area contributed by atoms with Gasteiger partial charge in [-0.05, 0) is 63.6 Å². The monoisotopic (exact) mass is 525 g/mol. The average molecular weight is 526 g/mol. The van der Waals surface area contributed by atoms with Crippen LogP contribution in [0, 0.1) is 23.2 Å². The highest BCUT2D eigenvalue weighted by Gasteiger charge is 2.56. The third-order valence-electron chi connectivity index (χ3n) is 8.41. The van der Waals surface area contributed by atoms with Crippen molar-refractivity contribution < 1.29 is 14.4 Å². The van der Waals surface area contributed by atoms with Crippen molar-refractivity contribution in [3.63, 3.8) is 0 Å². The predicted octanol–water partition coefficient (Wildman–Crippen LogP) is 4.07. The van der Waals surface area contributed by atoms with Crippen LogP contribution >= 0.6 is 15.9 Å². The second-order valence-electron chi connectivity index (χ2n) is 10.7. The lowest BCUT2D eigenvalue weighted by atomic mass is 9.45. The van der Waals surface area contributed by atoms with Crippen molar-refractivity contribution in [1.29, 1.82) is 0 Å². The predicted molar refractivity (Wildman–Crippen MR) is 131 cm³/mol. The van der Waals surface area contributed by atoms with E-state index in [1.54, 1.807) is 24.4 Å². The Labute approximate surface area is 206 Å². The van der Waals surface area contributed by atoms with E-state index in [4.69, 9.17) is 0 Å². The molecule has 8 heteroatoms. The number of carbonyl (C=O) groups excluding carboxylic acids is 3. The van der Waals surface area contributed by atoms with Gasteiger partial charge in [0.25, 0.3) is 5.56 Å². The largest absolute Gasteiger partial charge is 0.380 e. The van der Waals surface area contributed by atoms with Crippen molar-refractivity contribution in [1.82, 2.24) is 9.78 Å². The van der Waals surface area contributed by atoms with Gasteiger partial charge in [0.05, 0.1) is 18.3 Å². The van der Waals surface area contributed by atoms with Gasteiger partial charge in [-0.15, -0.1) is 0 Å². The smallest absolute Gasteiger partial charge is 0.283 e. The SMILES string of the molecule is C[C@@H]1[C@H]2C[C@@H](C[C@H]1Nc1cnn(CC(=O)Cc3ccc4c(c3)C(=O)CC4=O)c(=O)c1Br)C2(C)C. The van der Waals surface area contributed by atoms with E-state index in [9.17, 15) is 19.2 Å². The van der Waals surface area contributed by atoms with Crippen LogP contribution in [-0.2, 0) is 17.8 Å². The van der Waals surface area contributed by atoms with Gasteiger partial charge in [0.1, 0.15) is 11.0 Å². The number of carbonyl (C=O) groups is 3. The van der Waals surface area contributed by atoms with Crippen LogP contribution in [0.25, 0.3) is 0 Å². The zero-order chi connectivity index (χ0) is 24.4. The van der Waals surface area contributed by atoms with Crippen molar-refractivity contribution in [3.05, 3.63) is 55.9 Å². The van der Waals surface area contributed by atoms with Crippen LogP contribution in [0.5, 0.6) is 0 Å². The Hall–Kier alpha value is -2.61. The molecule has 1 aromatic carbocycles. The maximum Gasteiger partial charge on any atom is 0.283 e. The lowest BCUT2D eigenvalue weighted by Gasteiger charge is -2.62. The molecule has 6 rings (SSSR count). The molecule has 0 unspecified atom stereocenters. The van der Waals surface area contributed by atoms with Crippen molar-refractivity contribution in [2.45, 2.75) is 59.0 Å². The van der Waals surface area contributed by atoms with Gasteiger partial charge in [-0.2, -0.15) is 5.10 Å². The van der Waals surface area contributed by atoms with E-state index in [-0.39, 0.29) is 42.3 Å². The Morgan fingerprint density at radius 1 is 1.18 bits per heavy atom. The number of nitrogens with zero attached hydrogens (tertiary/aromatic N) is 2. The number of halogens is 1. The molecular formula is C26H28BrN3O4. The fourth-order valence-electron chi connectivity index (χ4n) is 6.18. The zero-order valence-corrected chi connectivity index (χ0v) is 21.1. The average Bonchev–Trinajstić information content (AvgIpc) is 3.07. The summed E-state index contributed by atoms with van der Waals surface area (Å²) in [4.78, 5) is 49.3. The highest BCUT2D eigenvalue weighted by molar-refractivity contribution is 9.10. The van der Waals surface area contributed by atoms with Crippen LogP contribution in [0.4, 0.5) is 5.69 Å². The summed E-state index contributed by atoms with van der Waals surface area (Å²) in [7, 11) is 0. The van der Waals surface area contributed by atoms with E-state index in [0.717, 1.165) is 11.1 Å². The van der Waals surface area contributed by atoms with Gasteiger partial charge in [-0.1, -0.05) is 32.9 Å². The molecule has 0 amide bonds. The Balaban J connectivity index is 1.26. The molecule has 2 bridgehead atoms. The van der Waals surface area contributed by atoms with E-state index in [1.807, 2.05) is 0 Å². The molecule has 4 aliphatic carbocycles. The van der Waals surface area contributed by atoms with Gasteiger partial charge in [0, 0.05) is 23.6 Å². The van der Waals surface area contributed by atoms with Gasteiger partial charge >= 0.3 is 0 Å². The summed E-state index contributed by atoms with van der Waals surface area (Å²) in [5.41, 5.74) is 2.12. The number of anilines is 1. The van der Waals surface area contributed by atoms with Crippen LogP contribution in [0.1, 0.15) is 66.3 Å². The number of hydrogen-bond acceptors (Lipinski definition) is 6. The fraction of sp³-hybridized carbons (Fsp3) is 0.500. The van der Waals surface area contributed by atoms with Crippen molar-refractivity contribution >= 4 is 39.0 Å². The Morgan fingerprint density at radius 3 is 2.62 bits per heavy atom. The highest BCUT2D eigenvalue weighted by atomic mass is 79.9. The summed E-state index contributed by atoms with van der Waals surface area (Å²) in [6.45, 7) is 6.83. The van der Waals surface area contributed by atoms with Gasteiger partial charge < -0.3 is 5.32 Å². The molecule has 0 saturated heterocycles. The van der Waals surface area contributed by atoms with Crippen LogP contribution in [-0.4, -0.2) is 33.2 Å². The summed E-state index contributed by atoms with van der Waals surface area (Å²) >= 11 is 3.41. The van der Waals surface area contributed by atoms with Crippen LogP contribution in [0.2, 0.25) is 0 Å². The number of rotatable bonds is 6. The number of aromatic nitrogens is 2. The molecule has 3 saturated carbocycles. The summed E-state index contributed by atoms with van der Waals surface area (Å²) in [6, 6.07) is 5.19. The topological polar surface area (TPSA) is 98.1 Å². The van der Waals surface area contributed by atoms with Crippen LogP contribution in [0.3, 0.4) is 0 Å². The first-order chi connectivity index (χ1) is 16.1. The molecule has 4 atom stereocenters. The van der Waals surface area contributed by atoms with E-state index in [2.05, 4.69) is 47.1 Å². The van der Waals surface area contributed by atoms with Gasteiger partial charge in [0.15, 0.2) is 17.3 Å². The highest BCUT2D eigenvalue weighted by Crippen LogP contribution is 2.61. The Bertz CT molecular complexity index is 1280. The molecule has 178 valence electrons. The normalized spacial score (nSPS) is 26.7. The molecule has 0 aliphatic heterocycles. The first kappa shape index (κ1) is 23.1. The van der Waals surface area contributed by atoms with Crippen LogP contribution in [0.15, 0.2) is 33.7 Å². The Morgan fingerprint density at radius 2 is 1.91 bits per heavy atom. The molecule has 34 heavy (non-hydrogen) atoms. The third kappa shape index (κ3) is 3.76. The maximum atomic E-state index is 12.9. The fourth-order valence-corrected chi connectivity index (χ4v) is 6.60. The third-order valence-corrected chi connectivity index (χ3v) is 9.18. The van der Waals surface area contributed by atoms with Crippen molar-refractivity contribution in [3.8, 4) is 0 Å². The van der Waals surface area contributed by atoms with E-state index >= 15 is 0 Å². The molecule has 1 aromatic heterocycles. The van der Waals surface area contributed by atoms with E-state index < -0.39 is 0 Å². The zero-order valence-electron chi connectivity index (χ0n) is 19.6. The van der Waals surface area contributed by atoms with Gasteiger partial charge in [-0.25, -0.2) is 4.68 Å². The lowest BCUT2D eigenvalue weighted by Crippen LogP contribution is -2.58. The van der Waals surface area contributed by atoms with E-state index in [0.29, 0.717) is 56.1 Å². The summed E-state index contributed by atoms with van der Waals surface area (Å²) in [5.74, 6) is 1.28. The maximum absolute atomic E-state index is 12.9. The minimum absolute atomic E-state index is 0.0542. The molecule has 1 heterocycles. The number of ketones is 3. The first-order valence-electron chi connectivity index (χ1n) is 11.8. The molecule has 7 nitrogen and oxygen atoms in total. The number of nitrogens with one attached hydrogen (secondary N) is 1. The molecule has 0 spiro atoms. The Kier molecular flexibility index (Phi) is 5.62. The number of benzene rings is 1. The second-order valence-corrected chi connectivity index (χ2v) is 11.5. The minimum Gasteiger partial charge on any atom is -0.380 e. The molecule has 2 aromatic rings. The van der Waals surface area contributed by atoms with Gasteiger partial charge in [0.2, 0.25) is 0 Å². The lowest BCUT2D eigenvalue weighted by molar-refractivity contribution is -0.119.